The highest BCUT2D eigenvalue weighted by Crippen LogP contribution is 2.23. The van der Waals surface area contributed by atoms with Crippen molar-refractivity contribution in [2.75, 3.05) is 39.3 Å². The molecule has 158 valence electrons. The molecule has 1 aliphatic heterocycles. The van der Waals surface area contributed by atoms with Gasteiger partial charge in [0.25, 0.3) is 0 Å². The lowest BCUT2D eigenvalue weighted by molar-refractivity contribution is -0.133. The van der Waals surface area contributed by atoms with E-state index in [0.717, 1.165) is 56.8 Å². The molecule has 0 atom stereocenters. The van der Waals surface area contributed by atoms with E-state index in [4.69, 9.17) is 16.3 Å². The summed E-state index contributed by atoms with van der Waals surface area (Å²) in [5, 5.41) is 1.90. The summed E-state index contributed by atoms with van der Waals surface area (Å²) in [5.74, 6) is 0.991. The van der Waals surface area contributed by atoms with E-state index < -0.39 is 0 Å². The Morgan fingerprint density at radius 3 is 2.63 bits per heavy atom. The van der Waals surface area contributed by atoms with Gasteiger partial charge >= 0.3 is 0 Å². The Balaban J connectivity index is 1.15. The maximum Gasteiger partial charge on any atom is 0.222 e. The lowest BCUT2D eigenvalue weighted by atomic mass is 10.1. The van der Waals surface area contributed by atoms with Gasteiger partial charge in [-0.1, -0.05) is 41.9 Å². The first-order valence-electron chi connectivity index (χ1n) is 10.6. The predicted molar refractivity (Wildman–Crippen MR) is 121 cm³/mol. The fourth-order valence-electron chi connectivity index (χ4n) is 3.99. The predicted octanol–water partition coefficient (Wildman–Crippen LogP) is 4.37. The van der Waals surface area contributed by atoms with Gasteiger partial charge in [-0.05, 0) is 36.6 Å². The number of nitrogens with zero attached hydrogens (tertiary/aromatic N) is 2. The number of aromatic nitrogens is 1. The van der Waals surface area contributed by atoms with Gasteiger partial charge in [-0.25, -0.2) is 0 Å². The number of aryl methyl sites for hydroxylation is 1. The number of hydrogen-bond donors (Lipinski definition) is 1. The minimum atomic E-state index is 0.266. The molecule has 30 heavy (non-hydrogen) atoms. The summed E-state index contributed by atoms with van der Waals surface area (Å²) < 4.78 is 5.78. The van der Waals surface area contributed by atoms with Crippen molar-refractivity contribution in [1.82, 2.24) is 14.8 Å². The molecule has 4 rings (SSSR count). The molecule has 2 aromatic carbocycles. The summed E-state index contributed by atoms with van der Waals surface area (Å²) in [6, 6.07) is 15.9. The van der Waals surface area contributed by atoms with E-state index in [1.807, 2.05) is 35.2 Å². The number of para-hydroxylation sites is 2. The number of aromatic amines is 1. The van der Waals surface area contributed by atoms with Crippen LogP contribution in [0.3, 0.4) is 0 Å². The second-order valence-corrected chi connectivity index (χ2v) is 8.12. The number of amides is 1. The molecule has 1 N–H and O–H groups in total. The van der Waals surface area contributed by atoms with Gasteiger partial charge in [-0.3, -0.25) is 9.69 Å². The first kappa shape index (κ1) is 20.8. The number of carbonyl (C=O) groups is 1. The molecule has 1 aliphatic rings. The van der Waals surface area contributed by atoms with E-state index >= 15 is 0 Å². The SMILES string of the molecule is O=C(CCCc1c[nH]c2ccccc12)N1CCN(CCOc2ccccc2Cl)CC1. The standard InChI is InChI=1S/C24H28ClN3O2/c25-21-8-2-4-10-23(21)30-17-16-27-12-14-28(15-13-27)24(29)11-5-6-19-18-26-22-9-3-1-7-20(19)22/h1-4,7-10,18,26H,5-6,11-17H2. The Hall–Kier alpha value is -2.50. The number of rotatable bonds is 8. The third-order valence-electron chi connectivity index (χ3n) is 5.74. The minimum absolute atomic E-state index is 0.266. The second kappa shape index (κ2) is 10.0. The fraction of sp³-hybridized carbons (Fsp3) is 0.375. The van der Waals surface area contributed by atoms with Crippen LogP contribution in [-0.2, 0) is 11.2 Å². The molecular formula is C24H28ClN3O2. The average Bonchev–Trinajstić information content (AvgIpc) is 3.19. The van der Waals surface area contributed by atoms with Crippen LogP contribution in [0.25, 0.3) is 10.9 Å². The van der Waals surface area contributed by atoms with E-state index in [0.29, 0.717) is 18.1 Å². The van der Waals surface area contributed by atoms with E-state index in [1.165, 1.54) is 10.9 Å². The van der Waals surface area contributed by atoms with Crippen LogP contribution in [0.15, 0.2) is 54.7 Å². The van der Waals surface area contributed by atoms with Crippen molar-refractivity contribution in [3.05, 3.63) is 65.3 Å². The summed E-state index contributed by atoms with van der Waals surface area (Å²) in [6.45, 7) is 4.80. The van der Waals surface area contributed by atoms with Crippen LogP contribution in [0.2, 0.25) is 5.02 Å². The third-order valence-corrected chi connectivity index (χ3v) is 6.05. The van der Waals surface area contributed by atoms with Crippen molar-refractivity contribution >= 4 is 28.4 Å². The lowest BCUT2D eigenvalue weighted by Gasteiger charge is -2.34. The molecule has 0 aliphatic carbocycles. The van der Waals surface area contributed by atoms with Crippen molar-refractivity contribution in [2.24, 2.45) is 0 Å². The van der Waals surface area contributed by atoms with E-state index in [2.05, 4.69) is 34.3 Å². The molecule has 2 heterocycles. The van der Waals surface area contributed by atoms with Gasteiger partial charge in [0.2, 0.25) is 5.91 Å². The van der Waals surface area contributed by atoms with Crippen LogP contribution in [0.4, 0.5) is 0 Å². The minimum Gasteiger partial charge on any atom is -0.491 e. The van der Waals surface area contributed by atoms with E-state index in [9.17, 15) is 4.79 Å². The monoisotopic (exact) mass is 425 g/mol. The molecule has 0 radical (unpaired) electrons. The summed E-state index contributed by atoms with van der Waals surface area (Å²) in [4.78, 5) is 20.2. The summed E-state index contributed by atoms with van der Waals surface area (Å²) >= 11 is 6.12. The second-order valence-electron chi connectivity index (χ2n) is 7.71. The van der Waals surface area contributed by atoms with Gasteiger partial charge in [0, 0.05) is 56.2 Å². The molecule has 1 amide bonds. The van der Waals surface area contributed by atoms with Crippen molar-refractivity contribution in [3.63, 3.8) is 0 Å². The van der Waals surface area contributed by atoms with E-state index in [1.54, 1.807) is 0 Å². The lowest BCUT2D eigenvalue weighted by Crippen LogP contribution is -2.49. The molecular weight excluding hydrogens is 398 g/mol. The van der Waals surface area contributed by atoms with Crippen molar-refractivity contribution in [3.8, 4) is 5.75 Å². The molecule has 3 aromatic rings. The zero-order chi connectivity index (χ0) is 20.8. The summed E-state index contributed by atoms with van der Waals surface area (Å²) in [5.41, 5.74) is 2.45. The Bertz CT molecular complexity index is 979. The molecule has 5 nitrogen and oxygen atoms in total. The molecule has 0 saturated carbocycles. The van der Waals surface area contributed by atoms with Gasteiger partial charge in [-0.2, -0.15) is 0 Å². The number of hydrogen-bond acceptors (Lipinski definition) is 3. The highest BCUT2D eigenvalue weighted by molar-refractivity contribution is 6.32. The first-order chi connectivity index (χ1) is 14.7. The van der Waals surface area contributed by atoms with Gasteiger partial charge in [0.15, 0.2) is 0 Å². The quantitative estimate of drug-likeness (QED) is 0.583. The number of carbonyl (C=O) groups excluding carboxylic acids is 1. The molecule has 6 heteroatoms. The van der Waals surface area contributed by atoms with Crippen molar-refractivity contribution in [2.45, 2.75) is 19.3 Å². The molecule has 0 spiro atoms. The van der Waals surface area contributed by atoms with Crippen LogP contribution in [0.1, 0.15) is 18.4 Å². The van der Waals surface area contributed by atoms with Crippen LogP contribution in [0.5, 0.6) is 5.75 Å². The Labute approximate surface area is 182 Å². The smallest absolute Gasteiger partial charge is 0.222 e. The third kappa shape index (κ3) is 5.15. The molecule has 1 fully saturated rings. The summed E-state index contributed by atoms with van der Waals surface area (Å²) in [7, 11) is 0. The number of halogens is 1. The highest BCUT2D eigenvalue weighted by atomic mass is 35.5. The maximum absolute atomic E-state index is 12.6. The van der Waals surface area contributed by atoms with Gasteiger partial charge < -0.3 is 14.6 Å². The van der Waals surface area contributed by atoms with Crippen LogP contribution >= 0.6 is 11.6 Å². The first-order valence-corrected chi connectivity index (χ1v) is 11.0. The van der Waals surface area contributed by atoms with Crippen molar-refractivity contribution < 1.29 is 9.53 Å². The number of fused-ring (bicyclic) bond motifs is 1. The highest BCUT2D eigenvalue weighted by Gasteiger charge is 2.20. The topological polar surface area (TPSA) is 48.6 Å². The average molecular weight is 426 g/mol. The maximum atomic E-state index is 12.6. The molecule has 1 aromatic heterocycles. The molecule has 0 bridgehead atoms. The fourth-order valence-corrected chi connectivity index (χ4v) is 4.18. The van der Waals surface area contributed by atoms with Crippen LogP contribution < -0.4 is 4.74 Å². The van der Waals surface area contributed by atoms with Gasteiger partial charge in [0.05, 0.1) is 5.02 Å². The Morgan fingerprint density at radius 1 is 1.03 bits per heavy atom. The Morgan fingerprint density at radius 2 is 1.80 bits per heavy atom. The number of benzene rings is 2. The Kier molecular flexibility index (Phi) is 6.92. The normalized spacial score (nSPS) is 14.9. The number of H-pyrrole nitrogens is 1. The van der Waals surface area contributed by atoms with Crippen molar-refractivity contribution in [1.29, 1.82) is 0 Å². The number of ether oxygens (including phenoxy) is 1. The number of piperazine rings is 1. The largest absolute Gasteiger partial charge is 0.491 e. The summed E-state index contributed by atoms with van der Waals surface area (Å²) in [6.07, 6.45) is 4.48. The van der Waals surface area contributed by atoms with Crippen LogP contribution in [0, 0.1) is 0 Å². The van der Waals surface area contributed by atoms with Gasteiger partial charge in [-0.15, -0.1) is 0 Å². The zero-order valence-corrected chi connectivity index (χ0v) is 17.9. The molecule has 1 saturated heterocycles. The van der Waals surface area contributed by atoms with Crippen LogP contribution in [-0.4, -0.2) is 60.0 Å². The van der Waals surface area contributed by atoms with Gasteiger partial charge in [0.1, 0.15) is 12.4 Å². The molecule has 0 unspecified atom stereocenters. The zero-order valence-electron chi connectivity index (χ0n) is 17.1. The number of nitrogens with one attached hydrogen (secondary N) is 1. The van der Waals surface area contributed by atoms with E-state index in [-0.39, 0.29) is 5.91 Å².